The van der Waals surface area contributed by atoms with Gasteiger partial charge in [0, 0.05) is 18.3 Å². The van der Waals surface area contributed by atoms with Crippen molar-refractivity contribution in [2.75, 3.05) is 19.6 Å². The van der Waals surface area contributed by atoms with Crippen molar-refractivity contribution in [1.29, 1.82) is 0 Å². The largest absolute Gasteiger partial charge is 0.481 e. The fraction of sp³-hybridized carbons (Fsp3) is 0.860. The van der Waals surface area contributed by atoms with Gasteiger partial charge in [-0.25, -0.2) is 0 Å². The molecule has 8 atom stereocenters. The predicted molar refractivity (Wildman–Crippen MR) is 203 cm³/mol. The Morgan fingerprint density at radius 1 is 0.902 bits per heavy atom. The van der Waals surface area contributed by atoms with Crippen LogP contribution in [-0.4, -0.2) is 59.2 Å². The highest BCUT2D eigenvalue weighted by Gasteiger charge is 2.71. The topological polar surface area (TPSA) is 101 Å². The molecule has 7 nitrogen and oxygen atoms in total. The summed E-state index contributed by atoms with van der Waals surface area (Å²) in [6, 6.07) is 0. The minimum Gasteiger partial charge on any atom is -0.481 e. The van der Waals surface area contributed by atoms with Crippen LogP contribution in [0.15, 0.2) is 11.1 Å². The van der Waals surface area contributed by atoms with Crippen molar-refractivity contribution >= 4 is 35.9 Å². The molecule has 5 aliphatic carbocycles. The summed E-state index contributed by atoms with van der Waals surface area (Å²) in [5.41, 5.74) is 0.412. The van der Waals surface area contributed by atoms with Crippen molar-refractivity contribution < 1.29 is 29.0 Å². The Balaban J connectivity index is 0.00000504. The van der Waals surface area contributed by atoms with E-state index in [1.807, 2.05) is 0 Å². The zero-order valence-corrected chi connectivity index (χ0v) is 34.1. The van der Waals surface area contributed by atoms with Crippen molar-refractivity contribution in [1.82, 2.24) is 4.90 Å². The van der Waals surface area contributed by atoms with Crippen LogP contribution in [-0.2, 0) is 23.9 Å². The molecule has 5 fully saturated rings. The van der Waals surface area contributed by atoms with Gasteiger partial charge in [0.25, 0.3) is 0 Å². The van der Waals surface area contributed by atoms with Crippen LogP contribution in [0.1, 0.15) is 152 Å². The first-order valence-corrected chi connectivity index (χ1v) is 20.2. The second kappa shape index (κ2) is 13.8. The molecular formula is C43H68ClNO6. The fourth-order valence-corrected chi connectivity index (χ4v) is 13.5. The Kier molecular flexibility index (Phi) is 11.0. The van der Waals surface area contributed by atoms with E-state index in [1.54, 1.807) is 13.8 Å². The van der Waals surface area contributed by atoms with Gasteiger partial charge in [0.1, 0.15) is 11.9 Å². The number of carboxylic acids is 1. The van der Waals surface area contributed by atoms with Gasteiger partial charge in [-0.3, -0.25) is 19.2 Å². The lowest BCUT2D eigenvalue weighted by Gasteiger charge is -2.72. The number of likely N-dealkylation sites (tertiary alicyclic amines) is 1. The number of nitrogens with zero attached hydrogens (tertiary/aromatic N) is 1. The third kappa shape index (κ3) is 6.28. The number of ether oxygens (including phenoxy) is 1. The van der Waals surface area contributed by atoms with Gasteiger partial charge in [-0.05, 0) is 155 Å². The summed E-state index contributed by atoms with van der Waals surface area (Å²) < 4.78 is 6.16. The molecule has 288 valence electrons. The molecule has 1 saturated heterocycles. The van der Waals surface area contributed by atoms with Gasteiger partial charge in [0.2, 0.25) is 0 Å². The van der Waals surface area contributed by atoms with Gasteiger partial charge in [-0.1, -0.05) is 48.5 Å². The number of halogens is 1. The Morgan fingerprint density at radius 3 is 2.20 bits per heavy atom. The van der Waals surface area contributed by atoms with Crippen molar-refractivity contribution in [2.24, 2.45) is 56.2 Å². The molecule has 1 N–H and O–H groups in total. The average molecular weight is 730 g/mol. The van der Waals surface area contributed by atoms with Gasteiger partial charge >= 0.3 is 11.9 Å². The Morgan fingerprint density at radius 2 is 1.57 bits per heavy atom. The number of aliphatic carboxylic acids is 1. The fourth-order valence-electron chi connectivity index (χ4n) is 13.5. The lowest BCUT2D eigenvalue weighted by molar-refractivity contribution is -0.233. The van der Waals surface area contributed by atoms with E-state index < -0.39 is 22.8 Å². The number of carbonyl (C=O) groups excluding carboxylic acids is 3. The van der Waals surface area contributed by atoms with Crippen molar-refractivity contribution in [3.63, 3.8) is 0 Å². The molecule has 0 amide bonds. The SMILES string of the molecule is CC(C)C1=C2[C@H]3CC[C@@H]4[C@@]5(C)CC[C@H](OC(=O)CC(C)(C)C(=O)O)C(C)(C)[C@@H]5CC[C@@]4(C)[C@]3(C)CC[C@@]2(C(=O)CCCN2CCCC2)CC1=O.Cl. The number of esters is 1. The number of hydrogen-bond acceptors (Lipinski definition) is 6. The van der Waals surface area contributed by atoms with E-state index in [1.165, 1.54) is 18.4 Å². The summed E-state index contributed by atoms with van der Waals surface area (Å²) in [5, 5.41) is 9.60. The zero-order chi connectivity index (χ0) is 36.7. The highest BCUT2D eigenvalue weighted by atomic mass is 35.5. The normalized spacial score (nSPS) is 39.1. The molecule has 1 heterocycles. The van der Waals surface area contributed by atoms with Gasteiger partial charge in [-0.15, -0.1) is 12.4 Å². The summed E-state index contributed by atoms with van der Waals surface area (Å²) in [7, 11) is 0. The minimum atomic E-state index is -1.16. The third-order valence-corrected chi connectivity index (χ3v) is 16.4. The monoisotopic (exact) mass is 729 g/mol. The summed E-state index contributed by atoms with van der Waals surface area (Å²) in [6.45, 7) is 23.0. The van der Waals surface area contributed by atoms with E-state index in [0.717, 1.165) is 83.0 Å². The Bertz CT molecular complexity index is 1440. The molecule has 0 unspecified atom stereocenters. The van der Waals surface area contributed by atoms with Gasteiger partial charge in [0.05, 0.1) is 17.3 Å². The quantitative estimate of drug-likeness (QED) is 0.224. The number of hydrogen-bond donors (Lipinski definition) is 1. The highest BCUT2D eigenvalue weighted by molar-refractivity contribution is 6.07. The number of fused-ring (bicyclic) bond motifs is 7. The van der Waals surface area contributed by atoms with Crippen LogP contribution in [0, 0.1) is 56.2 Å². The van der Waals surface area contributed by atoms with Crippen LogP contribution in [0.4, 0.5) is 0 Å². The first-order valence-electron chi connectivity index (χ1n) is 20.2. The summed E-state index contributed by atoms with van der Waals surface area (Å²) in [6.07, 6.45) is 11.9. The molecule has 6 aliphatic rings. The number of carboxylic acid groups (broad SMARTS) is 1. The van der Waals surface area contributed by atoms with Gasteiger partial charge in [0.15, 0.2) is 5.78 Å². The molecule has 4 saturated carbocycles. The van der Waals surface area contributed by atoms with Crippen LogP contribution in [0.5, 0.6) is 0 Å². The van der Waals surface area contributed by atoms with Crippen molar-refractivity contribution in [3.05, 3.63) is 11.1 Å². The lowest BCUT2D eigenvalue weighted by Crippen LogP contribution is -2.66. The Labute approximate surface area is 314 Å². The second-order valence-electron chi connectivity index (χ2n) is 20.1. The maximum Gasteiger partial charge on any atom is 0.309 e. The average Bonchev–Trinajstić information content (AvgIpc) is 3.64. The molecule has 0 aromatic heterocycles. The van der Waals surface area contributed by atoms with E-state index in [-0.39, 0.29) is 64.2 Å². The molecule has 6 rings (SSSR count). The predicted octanol–water partition coefficient (Wildman–Crippen LogP) is 9.25. The summed E-state index contributed by atoms with van der Waals surface area (Å²) >= 11 is 0. The number of carbonyl (C=O) groups is 4. The third-order valence-electron chi connectivity index (χ3n) is 16.4. The smallest absolute Gasteiger partial charge is 0.309 e. The van der Waals surface area contributed by atoms with Crippen LogP contribution in [0.25, 0.3) is 0 Å². The van der Waals surface area contributed by atoms with E-state index in [9.17, 15) is 24.3 Å². The number of ketones is 2. The molecule has 0 radical (unpaired) electrons. The maximum atomic E-state index is 14.5. The first-order chi connectivity index (χ1) is 23.2. The van der Waals surface area contributed by atoms with Crippen molar-refractivity contribution in [3.8, 4) is 0 Å². The van der Waals surface area contributed by atoms with Crippen LogP contribution >= 0.6 is 12.4 Å². The van der Waals surface area contributed by atoms with E-state index in [2.05, 4.69) is 53.4 Å². The van der Waals surface area contributed by atoms with Crippen LogP contribution < -0.4 is 0 Å². The molecule has 0 spiro atoms. The molecular weight excluding hydrogens is 662 g/mol. The molecule has 51 heavy (non-hydrogen) atoms. The second-order valence-corrected chi connectivity index (χ2v) is 20.1. The van der Waals surface area contributed by atoms with E-state index in [4.69, 9.17) is 4.74 Å². The maximum absolute atomic E-state index is 14.5. The molecule has 1 aliphatic heterocycles. The first kappa shape index (κ1) is 40.5. The summed E-state index contributed by atoms with van der Waals surface area (Å²) in [5.74, 6) is 0.430. The molecule has 0 aromatic carbocycles. The highest BCUT2D eigenvalue weighted by Crippen LogP contribution is 2.77. The molecule has 0 aromatic rings. The Hall–Kier alpha value is -1.73. The van der Waals surface area contributed by atoms with Gasteiger partial charge < -0.3 is 14.7 Å². The lowest BCUT2D eigenvalue weighted by atomic mass is 9.33. The number of Topliss-reactive ketones (excluding diaryl/α,β-unsaturated/α-hetero) is 2. The molecule has 0 bridgehead atoms. The minimum absolute atomic E-state index is 0. The van der Waals surface area contributed by atoms with E-state index >= 15 is 0 Å². The van der Waals surface area contributed by atoms with E-state index in [0.29, 0.717) is 30.5 Å². The van der Waals surface area contributed by atoms with Crippen LogP contribution in [0.3, 0.4) is 0 Å². The van der Waals surface area contributed by atoms with Crippen LogP contribution in [0.2, 0.25) is 0 Å². The molecule has 8 heteroatoms. The van der Waals surface area contributed by atoms with Crippen molar-refractivity contribution in [2.45, 2.75) is 158 Å². The van der Waals surface area contributed by atoms with Gasteiger partial charge in [-0.2, -0.15) is 0 Å². The zero-order valence-electron chi connectivity index (χ0n) is 33.3. The number of rotatable bonds is 10. The number of allylic oxidation sites excluding steroid dienone is 2. The standard InChI is InChI=1S/C43H67NO6.ClH/c1-27(2)35-29(45)25-43(32(46)13-12-24-44-22-10-11-23-44)21-20-41(8)28(36(35)43)14-15-31-40(7)18-17-33(50-34(47)26-38(3,4)37(48)49)39(5,6)30(40)16-19-42(31,41)9;/h27-28,30-31,33H,10-26H2,1-9H3,(H,48,49);1H/t28-,30+,31-,33+,40+,41-,42-,43+;/m1./s1. The summed E-state index contributed by atoms with van der Waals surface area (Å²) in [4.78, 5) is 55.7.